The average molecular weight is 236 g/mol. The van der Waals surface area contributed by atoms with Crippen LogP contribution in [0.15, 0.2) is 24.3 Å². The minimum atomic E-state index is -0.903. The number of anilines is 1. The van der Waals surface area contributed by atoms with Crippen molar-refractivity contribution < 1.29 is 9.90 Å². The molecule has 0 saturated heterocycles. The number of hydrogen-bond donors (Lipinski definition) is 2. The molecule has 1 unspecified atom stereocenters. The first kappa shape index (κ1) is 13.5. The predicted octanol–water partition coefficient (Wildman–Crippen LogP) is 1.44. The van der Waals surface area contributed by atoms with Crippen molar-refractivity contribution in [2.45, 2.75) is 18.8 Å². The molecule has 1 aromatic carbocycles. The van der Waals surface area contributed by atoms with Crippen LogP contribution >= 0.6 is 0 Å². The minimum Gasteiger partial charge on any atom is -0.481 e. The zero-order valence-electron chi connectivity index (χ0n) is 10.6. The number of rotatable bonds is 5. The fourth-order valence-electron chi connectivity index (χ4n) is 1.79. The SMILES string of the molecule is CN(C)c1ccc(C(C)(CCN)C(=O)O)cc1. The summed E-state index contributed by atoms with van der Waals surface area (Å²) in [5.41, 5.74) is 6.44. The summed E-state index contributed by atoms with van der Waals surface area (Å²) in [5, 5.41) is 9.33. The maximum Gasteiger partial charge on any atom is 0.313 e. The number of carboxylic acid groups (broad SMARTS) is 1. The van der Waals surface area contributed by atoms with Gasteiger partial charge >= 0.3 is 5.97 Å². The van der Waals surface area contributed by atoms with E-state index in [-0.39, 0.29) is 0 Å². The second kappa shape index (κ2) is 5.19. The van der Waals surface area contributed by atoms with Crippen LogP contribution in [0.2, 0.25) is 0 Å². The van der Waals surface area contributed by atoms with Crippen LogP contribution in [0, 0.1) is 0 Å². The fourth-order valence-corrected chi connectivity index (χ4v) is 1.79. The molecule has 0 bridgehead atoms. The van der Waals surface area contributed by atoms with Crippen molar-refractivity contribution in [1.29, 1.82) is 0 Å². The van der Waals surface area contributed by atoms with Crippen LogP contribution < -0.4 is 10.6 Å². The number of nitrogens with zero attached hydrogens (tertiary/aromatic N) is 1. The van der Waals surface area contributed by atoms with Gasteiger partial charge in [0.05, 0.1) is 5.41 Å². The highest BCUT2D eigenvalue weighted by Crippen LogP contribution is 2.29. The van der Waals surface area contributed by atoms with Gasteiger partial charge in [0.2, 0.25) is 0 Å². The second-order valence-corrected chi connectivity index (χ2v) is 4.62. The maximum absolute atomic E-state index is 11.4. The first-order valence-electron chi connectivity index (χ1n) is 5.63. The number of benzene rings is 1. The molecule has 0 amide bonds. The van der Waals surface area contributed by atoms with Gasteiger partial charge in [0.1, 0.15) is 0 Å². The van der Waals surface area contributed by atoms with Crippen LogP contribution in [0.3, 0.4) is 0 Å². The first-order valence-corrected chi connectivity index (χ1v) is 5.63. The highest BCUT2D eigenvalue weighted by atomic mass is 16.4. The maximum atomic E-state index is 11.4. The Kier molecular flexibility index (Phi) is 4.12. The Hall–Kier alpha value is -1.55. The Balaban J connectivity index is 3.08. The van der Waals surface area contributed by atoms with Gasteiger partial charge in [-0.15, -0.1) is 0 Å². The smallest absolute Gasteiger partial charge is 0.313 e. The van der Waals surface area contributed by atoms with Crippen LogP contribution in [-0.4, -0.2) is 31.7 Å². The third kappa shape index (κ3) is 2.77. The molecule has 3 N–H and O–H groups in total. The van der Waals surface area contributed by atoms with Crippen molar-refractivity contribution in [1.82, 2.24) is 0 Å². The highest BCUT2D eigenvalue weighted by Gasteiger charge is 2.34. The van der Waals surface area contributed by atoms with Gasteiger partial charge in [0, 0.05) is 19.8 Å². The van der Waals surface area contributed by atoms with E-state index in [2.05, 4.69) is 0 Å². The van der Waals surface area contributed by atoms with E-state index in [0.29, 0.717) is 13.0 Å². The minimum absolute atomic E-state index is 0.359. The van der Waals surface area contributed by atoms with Crippen molar-refractivity contribution in [3.05, 3.63) is 29.8 Å². The lowest BCUT2D eigenvalue weighted by molar-refractivity contribution is -0.143. The molecule has 0 spiro atoms. The van der Waals surface area contributed by atoms with Gasteiger partial charge in [0.25, 0.3) is 0 Å². The lowest BCUT2D eigenvalue weighted by Crippen LogP contribution is -2.34. The van der Waals surface area contributed by atoms with E-state index >= 15 is 0 Å². The molecule has 0 radical (unpaired) electrons. The Labute approximate surface area is 102 Å². The first-order chi connectivity index (χ1) is 7.91. The van der Waals surface area contributed by atoms with Crippen LogP contribution in [-0.2, 0) is 10.2 Å². The Morgan fingerprint density at radius 2 is 1.88 bits per heavy atom. The van der Waals surface area contributed by atoms with E-state index < -0.39 is 11.4 Å². The molecule has 17 heavy (non-hydrogen) atoms. The Morgan fingerprint density at radius 3 is 2.24 bits per heavy atom. The van der Waals surface area contributed by atoms with E-state index in [1.165, 1.54) is 0 Å². The summed E-state index contributed by atoms with van der Waals surface area (Å²) < 4.78 is 0. The molecule has 0 saturated carbocycles. The molecule has 94 valence electrons. The summed E-state index contributed by atoms with van der Waals surface area (Å²) >= 11 is 0. The van der Waals surface area contributed by atoms with E-state index in [4.69, 9.17) is 5.73 Å². The van der Waals surface area contributed by atoms with Gasteiger partial charge in [0.15, 0.2) is 0 Å². The monoisotopic (exact) mass is 236 g/mol. The molecule has 4 heteroatoms. The average Bonchev–Trinajstić information content (AvgIpc) is 2.29. The van der Waals surface area contributed by atoms with E-state index in [0.717, 1.165) is 11.3 Å². The van der Waals surface area contributed by atoms with Gasteiger partial charge in [-0.3, -0.25) is 4.79 Å². The van der Waals surface area contributed by atoms with Gasteiger partial charge in [-0.05, 0) is 37.6 Å². The van der Waals surface area contributed by atoms with Gasteiger partial charge in [-0.1, -0.05) is 12.1 Å². The predicted molar refractivity (Wildman–Crippen MR) is 69.4 cm³/mol. The van der Waals surface area contributed by atoms with Crippen molar-refractivity contribution in [3.8, 4) is 0 Å². The summed E-state index contributed by atoms with van der Waals surface area (Å²) in [6.45, 7) is 2.07. The standard InChI is InChI=1S/C13H20N2O2/c1-13(8-9-14,12(16)17)10-4-6-11(7-5-10)15(2)3/h4-7H,8-9,14H2,1-3H3,(H,16,17). The Bertz CT molecular complexity index is 387. The number of nitrogens with two attached hydrogens (primary N) is 1. The molecule has 0 aromatic heterocycles. The summed E-state index contributed by atoms with van der Waals surface area (Å²) in [6.07, 6.45) is 0.434. The van der Waals surface area contributed by atoms with Crippen LogP contribution in [0.5, 0.6) is 0 Å². The lowest BCUT2D eigenvalue weighted by Gasteiger charge is -2.25. The highest BCUT2D eigenvalue weighted by molar-refractivity contribution is 5.81. The molecule has 0 aliphatic heterocycles. The number of aliphatic carboxylic acids is 1. The van der Waals surface area contributed by atoms with Crippen molar-refractivity contribution >= 4 is 11.7 Å². The molecule has 1 rings (SSSR count). The van der Waals surface area contributed by atoms with Crippen molar-refractivity contribution in [2.24, 2.45) is 5.73 Å². The molecular weight excluding hydrogens is 216 g/mol. The van der Waals surface area contributed by atoms with Gasteiger partial charge in [-0.25, -0.2) is 0 Å². The number of carbonyl (C=O) groups is 1. The molecule has 0 aliphatic carbocycles. The molecule has 0 aliphatic rings. The van der Waals surface area contributed by atoms with Crippen LogP contribution in [0.1, 0.15) is 18.9 Å². The second-order valence-electron chi connectivity index (χ2n) is 4.62. The molecule has 0 heterocycles. The molecule has 1 atom stereocenters. The lowest BCUT2D eigenvalue weighted by atomic mass is 9.79. The third-order valence-electron chi connectivity index (χ3n) is 3.14. The quantitative estimate of drug-likeness (QED) is 0.812. The summed E-state index contributed by atoms with van der Waals surface area (Å²) in [4.78, 5) is 13.3. The third-order valence-corrected chi connectivity index (χ3v) is 3.14. The number of hydrogen-bond acceptors (Lipinski definition) is 3. The zero-order chi connectivity index (χ0) is 13.1. The van der Waals surface area contributed by atoms with Crippen LogP contribution in [0.4, 0.5) is 5.69 Å². The fraction of sp³-hybridized carbons (Fsp3) is 0.462. The summed E-state index contributed by atoms with van der Waals surface area (Å²) in [7, 11) is 3.90. The molecular formula is C13H20N2O2. The van der Waals surface area contributed by atoms with Gasteiger partial charge in [-0.2, -0.15) is 0 Å². The van der Waals surface area contributed by atoms with Crippen molar-refractivity contribution in [3.63, 3.8) is 0 Å². The van der Waals surface area contributed by atoms with E-state index in [9.17, 15) is 9.90 Å². The normalized spacial score (nSPS) is 14.1. The summed E-state index contributed by atoms with van der Waals surface area (Å²) in [6, 6.07) is 7.57. The molecule has 1 aromatic rings. The summed E-state index contributed by atoms with van der Waals surface area (Å²) in [5.74, 6) is -0.833. The largest absolute Gasteiger partial charge is 0.481 e. The van der Waals surface area contributed by atoms with E-state index in [1.807, 2.05) is 43.3 Å². The van der Waals surface area contributed by atoms with Crippen molar-refractivity contribution in [2.75, 3.05) is 25.5 Å². The zero-order valence-corrected chi connectivity index (χ0v) is 10.6. The van der Waals surface area contributed by atoms with Gasteiger partial charge < -0.3 is 15.7 Å². The molecule has 4 nitrogen and oxygen atoms in total. The van der Waals surface area contributed by atoms with E-state index in [1.54, 1.807) is 6.92 Å². The Morgan fingerprint density at radius 1 is 1.35 bits per heavy atom. The molecule has 0 fully saturated rings. The van der Waals surface area contributed by atoms with Crippen LogP contribution in [0.25, 0.3) is 0 Å². The topological polar surface area (TPSA) is 66.6 Å². The number of carboxylic acids is 1.